The van der Waals surface area contributed by atoms with E-state index in [2.05, 4.69) is 52.0 Å². The molecule has 0 aromatic carbocycles. The van der Waals surface area contributed by atoms with Crippen molar-refractivity contribution in [3.8, 4) is 0 Å². The third-order valence-corrected chi connectivity index (χ3v) is 2.62. The van der Waals surface area contributed by atoms with Crippen molar-refractivity contribution in [1.29, 1.82) is 0 Å². The second-order valence-electron chi connectivity index (χ2n) is 5.93. The fourth-order valence-corrected chi connectivity index (χ4v) is 2.16. The molecule has 0 aromatic heterocycles. The van der Waals surface area contributed by atoms with Gasteiger partial charge in [0, 0.05) is 13.1 Å². The molecule has 0 rings (SSSR count). The molecule has 0 saturated heterocycles. The number of hydrogen-bond acceptors (Lipinski definition) is 2. The van der Waals surface area contributed by atoms with Crippen molar-refractivity contribution in [2.75, 3.05) is 33.7 Å². The largest absolute Gasteiger partial charge is 0.316 e. The summed E-state index contributed by atoms with van der Waals surface area (Å²) in [7, 11) is 4.28. The monoisotopic (exact) mass is 214 g/mol. The Hall–Kier alpha value is -0.0800. The maximum Gasteiger partial charge on any atom is 0.00387 e. The summed E-state index contributed by atoms with van der Waals surface area (Å²) in [6.07, 6.45) is 2.63. The van der Waals surface area contributed by atoms with Gasteiger partial charge in [-0.3, -0.25) is 0 Å². The minimum atomic E-state index is 0.370. The SMILES string of the molecule is CCC[C@H](C)CNCC(C)(C)CN(C)C. The van der Waals surface area contributed by atoms with Crippen LogP contribution in [0, 0.1) is 11.3 Å². The molecule has 0 spiro atoms. The van der Waals surface area contributed by atoms with Gasteiger partial charge in [0.15, 0.2) is 0 Å². The van der Waals surface area contributed by atoms with Crippen molar-refractivity contribution in [2.24, 2.45) is 11.3 Å². The molecule has 92 valence electrons. The van der Waals surface area contributed by atoms with E-state index >= 15 is 0 Å². The fraction of sp³-hybridized carbons (Fsp3) is 1.00. The van der Waals surface area contributed by atoms with Crippen LogP contribution < -0.4 is 5.32 Å². The first-order chi connectivity index (χ1) is 6.87. The summed E-state index contributed by atoms with van der Waals surface area (Å²) >= 11 is 0. The Morgan fingerprint density at radius 2 is 1.87 bits per heavy atom. The van der Waals surface area contributed by atoms with Crippen molar-refractivity contribution in [2.45, 2.75) is 40.5 Å². The van der Waals surface area contributed by atoms with Crippen LogP contribution in [0.4, 0.5) is 0 Å². The van der Waals surface area contributed by atoms with Crippen LogP contribution in [0.5, 0.6) is 0 Å². The molecule has 2 heteroatoms. The van der Waals surface area contributed by atoms with Gasteiger partial charge in [0.1, 0.15) is 0 Å². The van der Waals surface area contributed by atoms with Gasteiger partial charge in [-0.05, 0) is 38.4 Å². The number of hydrogen-bond donors (Lipinski definition) is 1. The van der Waals surface area contributed by atoms with E-state index in [-0.39, 0.29) is 0 Å². The normalized spacial score (nSPS) is 14.6. The molecule has 15 heavy (non-hydrogen) atoms. The van der Waals surface area contributed by atoms with E-state index in [1.165, 1.54) is 12.8 Å². The predicted octanol–water partition coefficient (Wildman–Crippen LogP) is 2.60. The molecule has 2 nitrogen and oxygen atoms in total. The van der Waals surface area contributed by atoms with Crippen molar-refractivity contribution >= 4 is 0 Å². The van der Waals surface area contributed by atoms with Crippen molar-refractivity contribution < 1.29 is 0 Å². The average molecular weight is 214 g/mol. The van der Waals surface area contributed by atoms with E-state index in [0.717, 1.165) is 25.6 Å². The molecule has 0 saturated carbocycles. The molecule has 0 unspecified atom stereocenters. The summed E-state index contributed by atoms with van der Waals surface area (Å²) in [6.45, 7) is 12.6. The number of nitrogens with one attached hydrogen (secondary N) is 1. The molecule has 0 amide bonds. The topological polar surface area (TPSA) is 15.3 Å². The molecule has 0 heterocycles. The number of rotatable bonds is 8. The first-order valence-corrected chi connectivity index (χ1v) is 6.23. The Balaban J connectivity index is 3.65. The zero-order valence-corrected chi connectivity index (χ0v) is 11.6. The number of nitrogens with zero attached hydrogens (tertiary/aromatic N) is 1. The van der Waals surface area contributed by atoms with E-state index in [4.69, 9.17) is 0 Å². The smallest absolute Gasteiger partial charge is 0.00387 e. The average Bonchev–Trinajstić information content (AvgIpc) is 2.01. The molecule has 1 N–H and O–H groups in total. The van der Waals surface area contributed by atoms with Gasteiger partial charge < -0.3 is 10.2 Å². The van der Waals surface area contributed by atoms with E-state index in [0.29, 0.717) is 5.41 Å². The van der Waals surface area contributed by atoms with Crippen LogP contribution in [-0.4, -0.2) is 38.6 Å². The van der Waals surface area contributed by atoms with Crippen molar-refractivity contribution in [1.82, 2.24) is 10.2 Å². The summed E-state index contributed by atoms with van der Waals surface area (Å²) in [5.41, 5.74) is 0.370. The second-order valence-corrected chi connectivity index (χ2v) is 5.93. The van der Waals surface area contributed by atoms with E-state index < -0.39 is 0 Å². The van der Waals surface area contributed by atoms with Gasteiger partial charge in [-0.15, -0.1) is 0 Å². The summed E-state index contributed by atoms with van der Waals surface area (Å²) < 4.78 is 0. The highest BCUT2D eigenvalue weighted by molar-refractivity contribution is 4.74. The Labute approximate surface area is 96.4 Å². The Kier molecular flexibility index (Phi) is 7.20. The van der Waals surface area contributed by atoms with Gasteiger partial charge in [0.2, 0.25) is 0 Å². The summed E-state index contributed by atoms with van der Waals surface area (Å²) in [4.78, 5) is 2.26. The van der Waals surface area contributed by atoms with Crippen LogP contribution in [0.1, 0.15) is 40.5 Å². The van der Waals surface area contributed by atoms with Crippen LogP contribution in [0.2, 0.25) is 0 Å². The summed E-state index contributed by atoms with van der Waals surface area (Å²) in [5, 5.41) is 3.59. The van der Waals surface area contributed by atoms with Crippen molar-refractivity contribution in [3.05, 3.63) is 0 Å². The second kappa shape index (κ2) is 7.24. The lowest BCUT2D eigenvalue weighted by Gasteiger charge is -2.29. The lowest BCUT2D eigenvalue weighted by atomic mass is 9.92. The van der Waals surface area contributed by atoms with Crippen LogP contribution in [0.25, 0.3) is 0 Å². The van der Waals surface area contributed by atoms with Gasteiger partial charge in [-0.2, -0.15) is 0 Å². The van der Waals surface area contributed by atoms with Crippen LogP contribution in [0.3, 0.4) is 0 Å². The molecule has 1 atom stereocenters. The quantitative estimate of drug-likeness (QED) is 0.668. The molecule has 0 aliphatic rings. The zero-order chi connectivity index (χ0) is 11.9. The first kappa shape index (κ1) is 14.9. The summed E-state index contributed by atoms with van der Waals surface area (Å²) in [6, 6.07) is 0. The van der Waals surface area contributed by atoms with E-state index in [1.807, 2.05) is 0 Å². The van der Waals surface area contributed by atoms with Crippen LogP contribution >= 0.6 is 0 Å². The highest BCUT2D eigenvalue weighted by Crippen LogP contribution is 2.14. The van der Waals surface area contributed by atoms with Gasteiger partial charge in [-0.25, -0.2) is 0 Å². The minimum absolute atomic E-state index is 0.370. The van der Waals surface area contributed by atoms with Crippen LogP contribution in [-0.2, 0) is 0 Å². The predicted molar refractivity (Wildman–Crippen MR) is 69.3 cm³/mol. The fourth-order valence-electron chi connectivity index (χ4n) is 2.16. The molecule has 0 bridgehead atoms. The maximum absolute atomic E-state index is 3.59. The van der Waals surface area contributed by atoms with Gasteiger partial charge in [0.05, 0.1) is 0 Å². The molecule has 0 aliphatic heterocycles. The lowest BCUT2D eigenvalue weighted by molar-refractivity contribution is 0.229. The van der Waals surface area contributed by atoms with Gasteiger partial charge >= 0.3 is 0 Å². The van der Waals surface area contributed by atoms with E-state index in [9.17, 15) is 0 Å². The van der Waals surface area contributed by atoms with Gasteiger partial charge in [-0.1, -0.05) is 34.1 Å². The molecular weight excluding hydrogens is 184 g/mol. The molecule has 0 aliphatic carbocycles. The molecule has 0 aromatic rings. The minimum Gasteiger partial charge on any atom is -0.316 e. The Morgan fingerprint density at radius 1 is 1.27 bits per heavy atom. The Morgan fingerprint density at radius 3 is 2.33 bits per heavy atom. The standard InChI is InChI=1S/C13H30N2/c1-7-8-12(2)9-14-10-13(3,4)11-15(5)6/h12,14H,7-11H2,1-6H3/t12-/m0/s1. The molecule has 0 fully saturated rings. The Bertz CT molecular complexity index is 153. The van der Waals surface area contributed by atoms with Crippen LogP contribution in [0.15, 0.2) is 0 Å². The highest BCUT2D eigenvalue weighted by atomic mass is 15.1. The maximum atomic E-state index is 3.59. The zero-order valence-electron chi connectivity index (χ0n) is 11.6. The first-order valence-electron chi connectivity index (χ1n) is 6.23. The highest BCUT2D eigenvalue weighted by Gasteiger charge is 2.18. The third-order valence-electron chi connectivity index (χ3n) is 2.62. The van der Waals surface area contributed by atoms with Crippen molar-refractivity contribution in [3.63, 3.8) is 0 Å². The third kappa shape index (κ3) is 8.88. The molecular formula is C13H30N2. The lowest BCUT2D eigenvalue weighted by Crippen LogP contribution is -2.38. The summed E-state index contributed by atoms with van der Waals surface area (Å²) in [5.74, 6) is 0.810. The molecule has 0 radical (unpaired) electrons. The van der Waals surface area contributed by atoms with Gasteiger partial charge in [0.25, 0.3) is 0 Å². The van der Waals surface area contributed by atoms with E-state index in [1.54, 1.807) is 0 Å².